The molecule has 0 unspecified atom stereocenters. The molecule has 0 radical (unpaired) electrons. The van der Waals surface area contributed by atoms with Crippen LogP contribution >= 0.6 is 0 Å². The third-order valence-electron chi connectivity index (χ3n) is 15.4. The minimum Gasteiger partial charge on any atom is -0.455 e. The molecular weight excluding hydrogens is 897 g/mol. The Morgan fingerprint density at radius 3 is 1.24 bits per heavy atom. The SMILES string of the molecule is CC(C)(C)c1cc(-c2ccc(N(c3ccc(-c4ccccc4)cc3)c3ccc(-c4ccccc4)cc3)cc2)c2c(c1)C(C)(C)c1cc(C(C)(C)C)cc(-c3ccc4c(c3)c3ccccc3n4-c3ccccc3)c1O2. The number of hydrogen-bond donors (Lipinski definition) is 0. The van der Waals surface area contributed by atoms with Crippen molar-refractivity contribution in [3.8, 4) is 61.7 Å². The Morgan fingerprint density at radius 1 is 0.365 bits per heavy atom. The van der Waals surface area contributed by atoms with Crippen LogP contribution in [0.5, 0.6) is 11.5 Å². The van der Waals surface area contributed by atoms with E-state index in [1.807, 2.05) is 0 Å². The summed E-state index contributed by atoms with van der Waals surface area (Å²) in [5.74, 6) is 1.84. The van der Waals surface area contributed by atoms with Crippen molar-refractivity contribution in [3.05, 3.63) is 253 Å². The van der Waals surface area contributed by atoms with Crippen molar-refractivity contribution >= 4 is 38.9 Å². The first-order valence-electron chi connectivity index (χ1n) is 26.1. The molecule has 74 heavy (non-hydrogen) atoms. The molecule has 2 heterocycles. The van der Waals surface area contributed by atoms with Gasteiger partial charge in [-0.1, -0.05) is 207 Å². The van der Waals surface area contributed by atoms with Crippen LogP contribution in [0, 0.1) is 0 Å². The van der Waals surface area contributed by atoms with E-state index in [1.165, 1.54) is 66.3 Å². The minimum absolute atomic E-state index is 0.102. The van der Waals surface area contributed by atoms with Crippen LogP contribution in [0.25, 0.3) is 72.0 Å². The van der Waals surface area contributed by atoms with Crippen molar-refractivity contribution < 1.29 is 4.74 Å². The molecule has 3 heteroatoms. The maximum atomic E-state index is 7.59. The smallest absolute Gasteiger partial charge is 0.139 e. The zero-order valence-corrected chi connectivity index (χ0v) is 43.7. The number of fused-ring (bicyclic) bond motifs is 5. The van der Waals surface area contributed by atoms with Gasteiger partial charge in [0.15, 0.2) is 0 Å². The molecule has 0 amide bonds. The average Bonchev–Trinajstić information content (AvgIpc) is 3.76. The third kappa shape index (κ3) is 8.27. The monoisotopic (exact) mass is 958 g/mol. The summed E-state index contributed by atoms with van der Waals surface area (Å²) in [7, 11) is 0. The largest absolute Gasteiger partial charge is 0.455 e. The van der Waals surface area contributed by atoms with Gasteiger partial charge in [0.1, 0.15) is 11.5 Å². The molecule has 0 spiro atoms. The van der Waals surface area contributed by atoms with Gasteiger partial charge in [-0.15, -0.1) is 0 Å². The van der Waals surface area contributed by atoms with E-state index in [0.717, 1.165) is 56.5 Å². The molecule has 0 fully saturated rings. The number of para-hydroxylation sites is 2. The van der Waals surface area contributed by atoms with Gasteiger partial charge in [-0.2, -0.15) is 0 Å². The van der Waals surface area contributed by atoms with Crippen molar-refractivity contribution in [1.82, 2.24) is 4.57 Å². The van der Waals surface area contributed by atoms with Crippen molar-refractivity contribution in [2.75, 3.05) is 4.90 Å². The van der Waals surface area contributed by atoms with Gasteiger partial charge < -0.3 is 14.2 Å². The summed E-state index contributed by atoms with van der Waals surface area (Å²) in [4.78, 5) is 2.36. The maximum Gasteiger partial charge on any atom is 0.139 e. The summed E-state index contributed by atoms with van der Waals surface area (Å²) in [6.45, 7) is 18.7. The van der Waals surface area contributed by atoms with Crippen LogP contribution in [0.4, 0.5) is 17.1 Å². The Hall–Kier alpha value is -8.40. The molecule has 1 aliphatic rings. The Bertz CT molecular complexity index is 3770. The average molecular weight is 959 g/mol. The van der Waals surface area contributed by atoms with Crippen molar-refractivity contribution in [1.29, 1.82) is 0 Å². The number of nitrogens with zero attached hydrogens (tertiary/aromatic N) is 2. The topological polar surface area (TPSA) is 17.4 Å². The molecule has 1 aliphatic heterocycles. The lowest BCUT2D eigenvalue weighted by molar-refractivity contribution is 0.418. The fourth-order valence-corrected chi connectivity index (χ4v) is 11.0. The minimum atomic E-state index is -0.392. The first kappa shape index (κ1) is 46.7. The molecule has 3 nitrogen and oxygen atoms in total. The molecule has 1 aromatic heterocycles. The normalized spacial score (nSPS) is 13.1. The summed E-state index contributed by atoms with van der Waals surface area (Å²) in [5.41, 5.74) is 20.4. The van der Waals surface area contributed by atoms with Crippen LogP contribution in [0.3, 0.4) is 0 Å². The molecule has 0 saturated heterocycles. The second kappa shape index (κ2) is 18.0. The molecule has 12 rings (SSSR count). The van der Waals surface area contributed by atoms with Gasteiger partial charge in [0, 0.05) is 61.2 Å². The first-order valence-corrected chi connectivity index (χ1v) is 26.1. The highest BCUT2D eigenvalue weighted by Crippen LogP contribution is 2.56. The van der Waals surface area contributed by atoms with Gasteiger partial charge in [-0.25, -0.2) is 0 Å². The molecule has 0 N–H and O–H groups in total. The highest BCUT2D eigenvalue weighted by atomic mass is 16.5. The number of anilines is 3. The van der Waals surface area contributed by atoms with Crippen LogP contribution in [-0.4, -0.2) is 4.57 Å². The van der Waals surface area contributed by atoms with E-state index in [0.29, 0.717) is 0 Å². The summed E-state index contributed by atoms with van der Waals surface area (Å²) in [6, 6.07) is 84.2. The van der Waals surface area contributed by atoms with E-state index in [2.05, 4.69) is 295 Å². The lowest BCUT2D eigenvalue weighted by Crippen LogP contribution is -2.27. The molecule has 362 valence electrons. The van der Waals surface area contributed by atoms with Gasteiger partial charge in [-0.05, 0) is 134 Å². The predicted octanol–water partition coefficient (Wildman–Crippen LogP) is 19.9. The number of hydrogen-bond acceptors (Lipinski definition) is 2. The highest BCUT2D eigenvalue weighted by Gasteiger charge is 2.40. The maximum absolute atomic E-state index is 7.59. The lowest BCUT2D eigenvalue weighted by Gasteiger charge is -2.39. The standard InChI is InChI=1S/C71H62N2O/c1-69(2,3)53-43-60(51-32-39-58(40-33-51)72(56-35-28-49(29-36-56)47-20-12-9-13-21-47)57-37-30-50(31-38-57)48-22-14-10-15-23-48)67-63(45-53)71(7,8)64-46-54(70(4,5)6)44-61(68(64)74-67)52-34-41-66-62(42-52)59-26-18-19-27-65(59)73(66)55-24-16-11-17-25-55/h9-46H,1-8H3. The second-order valence-corrected chi connectivity index (χ2v) is 22.7. The van der Waals surface area contributed by atoms with E-state index < -0.39 is 5.41 Å². The molecule has 11 aromatic rings. The zero-order valence-electron chi connectivity index (χ0n) is 43.7. The summed E-state index contributed by atoms with van der Waals surface area (Å²) in [6.07, 6.45) is 0. The third-order valence-corrected chi connectivity index (χ3v) is 15.4. The zero-order chi connectivity index (χ0) is 50.9. The van der Waals surface area contributed by atoms with E-state index in [9.17, 15) is 0 Å². The Balaban J connectivity index is 0.995. The van der Waals surface area contributed by atoms with Crippen molar-refractivity contribution in [2.45, 2.75) is 71.6 Å². The van der Waals surface area contributed by atoms with E-state index in [1.54, 1.807) is 0 Å². The molecule has 0 aliphatic carbocycles. The van der Waals surface area contributed by atoms with Crippen LogP contribution < -0.4 is 9.64 Å². The molecule has 10 aromatic carbocycles. The van der Waals surface area contributed by atoms with E-state index in [-0.39, 0.29) is 10.8 Å². The fraction of sp³-hybridized carbons (Fsp3) is 0.155. The molecule has 0 saturated carbocycles. The van der Waals surface area contributed by atoms with Crippen LogP contribution in [0.1, 0.15) is 77.6 Å². The predicted molar refractivity (Wildman–Crippen MR) is 313 cm³/mol. The van der Waals surface area contributed by atoms with Crippen LogP contribution in [-0.2, 0) is 16.2 Å². The number of rotatable bonds is 8. The number of aromatic nitrogens is 1. The molecule has 0 bridgehead atoms. The number of ether oxygens (including phenoxy) is 1. The molecule has 0 atom stereocenters. The Morgan fingerprint density at radius 2 is 0.757 bits per heavy atom. The fourth-order valence-electron chi connectivity index (χ4n) is 11.0. The highest BCUT2D eigenvalue weighted by molar-refractivity contribution is 6.10. The second-order valence-electron chi connectivity index (χ2n) is 22.7. The summed E-state index contributed by atoms with van der Waals surface area (Å²) in [5, 5.41) is 2.45. The van der Waals surface area contributed by atoms with E-state index in [4.69, 9.17) is 4.74 Å². The summed E-state index contributed by atoms with van der Waals surface area (Å²) >= 11 is 0. The van der Waals surface area contributed by atoms with Gasteiger partial charge in [0.25, 0.3) is 0 Å². The van der Waals surface area contributed by atoms with E-state index >= 15 is 0 Å². The summed E-state index contributed by atoms with van der Waals surface area (Å²) < 4.78 is 9.98. The molecular formula is C71H62N2O. The van der Waals surface area contributed by atoms with Crippen LogP contribution in [0.15, 0.2) is 231 Å². The van der Waals surface area contributed by atoms with Crippen molar-refractivity contribution in [3.63, 3.8) is 0 Å². The first-order chi connectivity index (χ1) is 35.7. The van der Waals surface area contributed by atoms with Crippen molar-refractivity contribution in [2.24, 2.45) is 0 Å². The number of benzene rings is 10. The Kier molecular flexibility index (Phi) is 11.3. The van der Waals surface area contributed by atoms with Crippen LogP contribution in [0.2, 0.25) is 0 Å². The van der Waals surface area contributed by atoms with Gasteiger partial charge in [0.2, 0.25) is 0 Å². The quantitative estimate of drug-likeness (QED) is 0.151. The van der Waals surface area contributed by atoms with Gasteiger partial charge in [0.05, 0.1) is 11.0 Å². The Labute approximate surface area is 437 Å². The van der Waals surface area contributed by atoms with Gasteiger partial charge >= 0.3 is 0 Å². The lowest BCUT2D eigenvalue weighted by atomic mass is 9.70. The van der Waals surface area contributed by atoms with Gasteiger partial charge in [-0.3, -0.25) is 0 Å².